The number of carbonyl (C=O) groups is 2. The van der Waals surface area contributed by atoms with Gasteiger partial charge in [-0.15, -0.1) is 0 Å². The van der Waals surface area contributed by atoms with Gasteiger partial charge in [-0.05, 0) is 26.0 Å². The van der Waals surface area contributed by atoms with Crippen molar-refractivity contribution in [3.63, 3.8) is 0 Å². The topological polar surface area (TPSA) is 63.9 Å². The van der Waals surface area contributed by atoms with E-state index in [1.54, 1.807) is 49.3 Å². The number of likely N-dealkylation sites (N-methyl/N-ethyl adjacent to an activating group) is 1. The molecule has 1 amide bonds. The molecule has 6 nitrogen and oxygen atoms in total. The van der Waals surface area contributed by atoms with Crippen LogP contribution in [0, 0.1) is 13.8 Å². The van der Waals surface area contributed by atoms with Crippen molar-refractivity contribution in [3.05, 3.63) is 89.2 Å². The Morgan fingerprint density at radius 2 is 1.69 bits per heavy atom. The fraction of sp³-hybridized carbons (Fsp3) is 0.192. The number of aryl methyl sites for hydroxylation is 2. The molecule has 2 aromatic heterocycles. The number of amides is 1. The normalized spacial score (nSPS) is 10.9. The average Bonchev–Trinajstić information content (AvgIpc) is 3.12. The number of hydrogen-bond acceptors (Lipinski definition) is 4. The quantitative estimate of drug-likeness (QED) is 0.441. The maximum absolute atomic E-state index is 12.6. The largest absolute Gasteiger partial charge is 0.422 e. The lowest BCUT2D eigenvalue weighted by atomic mass is 10.1. The lowest BCUT2D eigenvalue weighted by Gasteiger charge is -2.12. The molecule has 0 saturated heterocycles. The molecule has 0 aliphatic heterocycles. The average molecular weight is 428 g/mol. The van der Waals surface area contributed by atoms with Crippen molar-refractivity contribution in [2.45, 2.75) is 20.3 Å². The summed E-state index contributed by atoms with van der Waals surface area (Å²) < 4.78 is 7.57. The molecule has 0 atom stereocenters. The minimum Gasteiger partial charge on any atom is -0.422 e. The maximum Gasteiger partial charge on any atom is 0.343 e. The van der Waals surface area contributed by atoms with Crippen molar-refractivity contribution < 1.29 is 14.3 Å². The lowest BCUT2D eigenvalue weighted by Crippen LogP contribution is -2.24. The SMILES string of the molecule is Cc1ccc(-c2nc3cc(OC(=O)c4ccccc4)c(C)cn3c2CC(=O)N(C)C)cc1. The number of benzene rings is 2. The zero-order valence-electron chi connectivity index (χ0n) is 18.6. The van der Waals surface area contributed by atoms with Crippen molar-refractivity contribution >= 4 is 17.5 Å². The van der Waals surface area contributed by atoms with E-state index in [4.69, 9.17) is 9.72 Å². The lowest BCUT2D eigenvalue weighted by molar-refractivity contribution is -0.128. The number of carbonyl (C=O) groups excluding carboxylic acids is 2. The first-order valence-electron chi connectivity index (χ1n) is 10.4. The van der Waals surface area contributed by atoms with Gasteiger partial charge in [0, 0.05) is 37.5 Å². The van der Waals surface area contributed by atoms with Gasteiger partial charge in [0.2, 0.25) is 5.91 Å². The first-order chi connectivity index (χ1) is 15.3. The summed E-state index contributed by atoms with van der Waals surface area (Å²) in [7, 11) is 3.48. The number of aromatic nitrogens is 2. The standard InChI is InChI=1S/C26H25N3O3/c1-17-10-12-19(13-11-17)25-21(14-24(30)28(3)4)29-16-18(2)22(15-23(29)27-25)32-26(31)20-8-6-5-7-9-20/h5-13,15-16H,14H2,1-4H3. The Balaban J connectivity index is 1.79. The van der Waals surface area contributed by atoms with E-state index in [9.17, 15) is 9.59 Å². The number of fused-ring (bicyclic) bond motifs is 1. The van der Waals surface area contributed by atoms with Crippen LogP contribution < -0.4 is 4.74 Å². The predicted octanol–water partition coefficient (Wildman–Crippen LogP) is 4.47. The van der Waals surface area contributed by atoms with E-state index in [1.165, 1.54) is 0 Å². The Labute approximate surface area is 187 Å². The highest BCUT2D eigenvalue weighted by molar-refractivity contribution is 5.91. The van der Waals surface area contributed by atoms with Gasteiger partial charge in [-0.2, -0.15) is 0 Å². The third kappa shape index (κ3) is 4.25. The van der Waals surface area contributed by atoms with Gasteiger partial charge in [0.05, 0.1) is 23.4 Å². The summed E-state index contributed by atoms with van der Waals surface area (Å²) in [5, 5.41) is 0. The van der Waals surface area contributed by atoms with Crippen molar-refractivity contribution in [2.24, 2.45) is 0 Å². The molecule has 0 spiro atoms. The number of nitrogens with zero attached hydrogens (tertiary/aromatic N) is 3. The second kappa shape index (κ2) is 8.67. The van der Waals surface area contributed by atoms with E-state index in [-0.39, 0.29) is 12.3 Å². The second-order valence-electron chi connectivity index (χ2n) is 8.04. The Morgan fingerprint density at radius 3 is 2.34 bits per heavy atom. The molecule has 0 radical (unpaired) electrons. The van der Waals surface area contributed by atoms with Crippen LogP contribution in [0.4, 0.5) is 0 Å². The van der Waals surface area contributed by atoms with Gasteiger partial charge in [-0.25, -0.2) is 9.78 Å². The summed E-state index contributed by atoms with van der Waals surface area (Å²) in [6, 6.07) is 18.7. The zero-order valence-corrected chi connectivity index (χ0v) is 18.6. The van der Waals surface area contributed by atoms with E-state index < -0.39 is 5.97 Å². The third-order valence-corrected chi connectivity index (χ3v) is 5.36. The van der Waals surface area contributed by atoms with Gasteiger partial charge < -0.3 is 14.0 Å². The van der Waals surface area contributed by atoms with Crippen molar-refractivity contribution in [3.8, 4) is 17.0 Å². The number of pyridine rings is 1. The van der Waals surface area contributed by atoms with Gasteiger partial charge in [0.25, 0.3) is 0 Å². The van der Waals surface area contributed by atoms with Crippen LogP contribution in [-0.2, 0) is 11.2 Å². The molecule has 4 aromatic rings. The molecule has 4 rings (SSSR count). The zero-order chi connectivity index (χ0) is 22.8. The van der Waals surface area contributed by atoms with Crippen LogP contribution in [0.25, 0.3) is 16.9 Å². The monoisotopic (exact) mass is 427 g/mol. The minimum absolute atomic E-state index is 0.0163. The van der Waals surface area contributed by atoms with Gasteiger partial charge >= 0.3 is 5.97 Å². The molecule has 0 aliphatic rings. The predicted molar refractivity (Wildman–Crippen MR) is 124 cm³/mol. The fourth-order valence-electron chi connectivity index (χ4n) is 3.48. The summed E-state index contributed by atoms with van der Waals surface area (Å²) in [4.78, 5) is 31.5. The highest BCUT2D eigenvalue weighted by Crippen LogP contribution is 2.29. The Morgan fingerprint density at radius 1 is 1.00 bits per heavy atom. The fourth-order valence-corrected chi connectivity index (χ4v) is 3.48. The summed E-state index contributed by atoms with van der Waals surface area (Å²) in [6.45, 7) is 3.90. The Kier molecular flexibility index (Phi) is 5.77. The molecule has 0 saturated carbocycles. The number of rotatable bonds is 5. The number of esters is 1. The number of ether oxygens (including phenoxy) is 1. The molecular weight excluding hydrogens is 402 g/mol. The van der Waals surface area contributed by atoms with Gasteiger partial charge in [0.1, 0.15) is 11.4 Å². The van der Waals surface area contributed by atoms with Crippen molar-refractivity contribution in [1.82, 2.24) is 14.3 Å². The summed E-state index contributed by atoms with van der Waals surface area (Å²) in [6.07, 6.45) is 2.08. The smallest absolute Gasteiger partial charge is 0.343 e. The van der Waals surface area contributed by atoms with Crippen molar-refractivity contribution in [2.75, 3.05) is 14.1 Å². The van der Waals surface area contributed by atoms with Gasteiger partial charge in [-0.3, -0.25) is 4.79 Å². The third-order valence-electron chi connectivity index (χ3n) is 5.36. The molecule has 0 aliphatic carbocycles. The summed E-state index contributed by atoms with van der Waals surface area (Å²) in [5.41, 5.74) is 5.48. The Hall–Kier alpha value is -3.93. The summed E-state index contributed by atoms with van der Waals surface area (Å²) in [5.74, 6) is 0.000986. The molecule has 2 heterocycles. The van der Waals surface area contributed by atoms with Crippen LogP contribution in [0.3, 0.4) is 0 Å². The molecule has 0 fully saturated rings. The van der Waals surface area contributed by atoms with E-state index in [2.05, 4.69) is 0 Å². The first kappa shape index (κ1) is 21.3. The second-order valence-corrected chi connectivity index (χ2v) is 8.04. The van der Waals surface area contributed by atoms with Crippen LogP contribution in [0.1, 0.15) is 27.2 Å². The van der Waals surface area contributed by atoms with E-state index in [0.29, 0.717) is 17.0 Å². The van der Waals surface area contributed by atoms with Crippen LogP contribution in [-0.4, -0.2) is 40.3 Å². The van der Waals surface area contributed by atoms with Gasteiger partial charge in [0.15, 0.2) is 0 Å². The van der Waals surface area contributed by atoms with E-state index in [0.717, 1.165) is 28.1 Å². The van der Waals surface area contributed by atoms with Crippen LogP contribution in [0.2, 0.25) is 0 Å². The summed E-state index contributed by atoms with van der Waals surface area (Å²) >= 11 is 0. The molecule has 2 aromatic carbocycles. The maximum atomic E-state index is 12.6. The molecule has 32 heavy (non-hydrogen) atoms. The van der Waals surface area contributed by atoms with E-state index >= 15 is 0 Å². The highest BCUT2D eigenvalue weighted by atomic mass is 16.5. The molecule has 0 bridgehead atoms. The molecule has 0 N–H and O–H groups in total. The van der Waals surface area contributed by atoms with Crippen LogP contribution in [0.15, 0.2) is 66.9 Å². The highest BCUT2D eigenvalue weighted by Gasteiger charge is 2.20. The van der Waals surface area contributed by atoms with Crippen LogP contribution in [0.5, 0.6) is 5.75 Å². The molecule has 162 valence electrons. The minimum atomic E-state index is -0.425. The van der Waals surface area contributed by atoms with E-state index in [1.807, 2.05) is 54.8 Å². The van der Waals surface area contributed by atoms with Crippen LogP contribution >= 0.6 is 0 Å². The molecule has 6 heteroatoms. The molecular formula is C26H25N3O3. The number of imidazole rings is 1. The van der Waals surface area contributed by atoms with Crippen molar-refractivity contribution in [1.29, 1.82) is 0 Å². The number of hydrogen-bond donors (Lipinski definition) is 0. The first-order valence-corrected chi connectivity index (χ1v) is 10.4. The molecule has 0 unspecified atom stereocenters. The Bertz CT molecular complexity index is 1290. The van der Waals surface area contributed by atoms with Gasteiger partial charge in [-0.1, -0.05) is 48.0 Å².